The zero-order valence-corrected chi connectivity index (χ0v) is 22.4. The molecule has 1 unspecified atom stereocenters. The largest absolute Gasteiger partial charge is 0.543 e. The second-order valence-corrected chi connectivity index (χ2v) is 12.8. The first-order chi connectivity index (χ1) is 16.2. The molecule has 1 aliphatic carbocycles. The predicted octanol–water partition coefficient (Wildman–Crippen LogP) is 0.233. The fraction of sp³-hybridized carbons (Fsp3) is 0.815. The molecule has 4 aliphatic heterocycles. The molecule has 3 fully saturated rings. The lowest BCUT2D eigenvalue weighted by molar-refractivity contribution is -0.559. The molecule has 1 saturated carbocycles. The molecule has 196 valence electrons. The third-order valence-electron chi connectivity index (χ3n) is 9.02. The summed E-state index contributed by atoms with van der Waals surface area (Å²) in [6.45, 7) is 13.2. The number of methoxy groups -OCH3 is 1. The maximum absolute atomic E-state index is 12.1. The highest BCUT2D eigenvalue weighted by Crippen LogP contribution is 2.52. The van der Waals surface area contributed by atoms with Crippen LogP contribution in [0, 0.1) is 17.3 Å². The van der Waals surface area contributed by atoms with Crippen molar-refractivity contribution in [2.45, 2.75) is 116 Å². The molecule has 5 aliphatic rings. The van der Waals surface area contributed by atoms with Crippen molar-refractivity contribution in [3.63, 3.8) is 0 Å². The van der Waals surface area contributed by atoms with Gasteiger partial charge in [-0.1, -0.05) is 0 Å². The predicted molar refractivity (Wildman–Crippen MR) is 130 cm³/mol. The summed E-state index contributed by atoms with van der Waals surface area (Å²) in [5.74, 6) is -0.700. The van der Waals surface area contributed by atoms with Gasteiger partial charge in [0, 0.05) is 13.0 Å². The Kier molecular flexibility index (Phi) is 6.63. The van der Waals surface area contributed by atoms with Crippen molar-refractivity contribution in [2.75, 3.05) is 7.11 Å². The molecule has 3 N–H and O–H groups in total. The summed E-state index contributed by atoms with van der Waals surface area (Å²) in [4.78, 5) is 28.5. The molecule has 0 bridgehead atoms. The third-order valence-corrected chi connectivity index (χ3v) is 9.02. The topological polar surface area (TPSA) is 116 Å². The monoisotopic (exact) mass is 489 g/mol. The van der Waals surface area contributed by atoms with Crippen LogP contribution in [-0.4, -0.2) is 64.2 Å². The molecule has 0 spiro atoms. The van der Waals surface area contributed by atoms with E-state index in [1.165, 1.54) is 36.4 Å². The van der Waals surface area contributed by atoms with Crippen molar-refractivity contribution < 1.29 is 29.5 Å². The van der Waals surface area contributed by atoms with Gasteiger partial charge >= 0.3 is 0 Å². The molecule has 5 rings (SSSR count). The van der Waals surface area contributed by atoms with Crippen molar-refractivity contribution in [2.24, 2.45) is 17.3 Å². The van der Waals surface area contributed by atoms with E-state index >= 15 is 0 Å². The van der Waals surface area contributed by atoms with Crippen molar-refractivity contribution in [3.05, 3.63) is 11.3 Å². The first-order valence-electron chi connectivity index (χ1n) is 13.1. The molecular formula is C27H43N3O5. The molecule has 4 heterocycles. The number of fused-ring (bicyclic) bond motifs is 4. The molecule has 6 atom stereocenters. The lowest BCUT2D eigenvalue weighted by Crippen LogP contribution is -2.92. The molecule has 0 aromatic carbocycles. The standard InChI is InChI=1S/C14H19NO5.C13H24N2/c1-6(16)10-11-8-4-3-7(20-2)5-9(8)12(14(18)19)15(11)13(10)17;1-11(2)6-8-13(5)9-7-12(3,4)15-10(13)14-11/h6-8,10-11,16H,3-5H2,1-2H3,(H,18,19);6-9H2,1-5H3,(H,14,15)/t6-,7+,8+,10-,11-;/m1./s1. The molecule has 35 heavy (non-hydrogen) atoms. The van der Waals surface area contributed by atoms with Crippen LogP contribution in [0.3, 0.4) is 0 Å². The summed E-state index contributed by atoms with van der Waals surface area (Å²) < 4.78 is 5.32. The van der Waals surface area contributed by atoms with Gasteiger partial charge in [-0.15, -0.1) is 0 Å². The van der Waals surface area contributed by atoms with Crippen molar-refractivity contribution in [1.82, 2.24) is 10.2 Å². The number of amidine groups is 1. The molecule has 0 aromatic heterocycles. The van der Waals surface area contributed by atoms with E-state index in [0.717, 1.165) is 18.4 Å². The summed E-state index contributed by atoms with van der Waals surface area (Å²) in [7, 11) is 1.61. The van der Waals surface area contributed by atoms with Gasteiger partial charge in [-0.25, -0.2) is 0 Å². The minimum atomic E-state index is -1.30. The van der Waals surface area contributed by atoms with Crippen molar-refractivity contribution in [1.29, 1.82) is 0 Å². The van der Waals surface area contributed by atoms with Crippen molar-refractivity contribution in [3.8, 4) is 0 Å². The van der Waals surface area contributed by atoms with Gasteiger partial charge in [0.15, 0.2) is 0 Å². The van der Waals surface area contributed by atoms with Crippen LogP contribution in [-0.2, 0) is 14.3 Å². The quantitative estimate of drug-likeness (QED) is 0.489. The van der Waals surface area contributed by atoms with E-state index in [2.05, 4.69) is 44.9 Å². The van der Waals surface area contributed by atoms with E-state index < -0.39 is 18.0 Å². The van der Waals surface area contributed by atoms with Gasteiger partial charge < -0.3 is 24.6 Å². The van der Waals surface area contributed by atoms with Crippen LogP contribution in [0.1, 0.15) is 86.5 Å². The summed E-state index contributed by atoms with van der Waals surface area (Å²) in [5, 5.41) is 24.8. The van der Waals surface area contributed by atoms with E-state index in [0.29, 0.717) is 11.8 Å². The highest BCUT2D eigenvalue weighted by Gasteiger charge is 2.60. The Hall–Kier alpha value is -1.93. The number of aliphatic hydroxyl groups is 1. The molecule has 0 radical (unpaired) electrons. The van der Waals surface area contributed by atoms with Gasteiger partial charge in [0.2, 0.25) is 11.7 Å². The summed E-state index contributed by atoms with van der Waals surface area (Å²) in [6.07, 6.45) is 6.55. The number of aliphatic carboxylic acids is 1. The van der Waals surface area contributed by atoms with Crippen LogP contribution in [0.25, 0.3) is 0 Å². The molecule has 0 aromatic rings. The number of aliphatic hydroxyl groups excluding tert-OH is 1. The van der Waals surface area contributed by atoms with Gasteiger partial charge in [0.05, 0.1) is 52.3 Å². The zero-order valence-electron chi connectivity index (χ0n) is 22.4. The molecule has 8 heteroatoms. The van der Waals surface area contributed by atoms with Gasteiger partial charge in [0.25, 0.3) is 0 Å². The highest BCUT2D eigenvalue weighted by atomic mass is 16.5. The molecule has 8 nitrogen and oxygen atoms in total. The number of rotatable bonds is 3. The lowest BCUT2D eigenvalue weighted by Gasteiger charge is -2.48. The average Bonchev–Trinajstić information content (AvgIpc) is 3.04. The number of hydrogen-bond donors (Lipinski definition) is 3. The number of carbonyl (C=O) groups excluding carboxylic acids is 2. The van der Waals surface area contributed by atoms with E-state index in [1.807, 2.05) is 0 Å². The van der Waals surface area contributed by atoms with E-state index in [9.17, 15) is 19.8 Å². The summed E-state index contributed by atoms with van der Waals surface area (Å²) in [6, 6.07) is -0.219. The Morgan fingerprint density at radius 3 is 2.43 bits per heavy atom. The summed E-state index contributed by atoms with van der Waals surface area (Å²) >= 11 is 0. The number of carbonyl (C=O) groups is 2. The maximum Gasteiger partial charge on any atom is 0.249 e. The van der Waals surface area contributed by atoms with Crippen LogP contribution < -0.4 is 15.4 Å². The number of piperidine rings is 1. The first kappa shape index (κ1) is 26.1. The minimum absolute atomic E-state index is 0.00518. The smallest absolute Gasteiger partial charge is 0.249 e. The highest BCUT2D eigenvalue weighted by molar-refractivity contribution is 5.99. The number of β-lactam (4-membered cyclic amide) rings is 1. The Bertz CT molecular complexity index is 952. The minimum Gasteiger partial charge on any atom is -0.543 e. The first-order valence-corrected chi connectivity index (χ1v) is 13.1. The Morgan fingerprint density at radius 1 is 1.17 bits per heavy atom. The van der Waals surface area contributed by atoms with Crippen LogP contribution in [0.4, 0.5) is 0 Å². The Balaban J connectivity index is 0.000000172. The van der Waals surface area contributed by atoms with Crippen LogP contribution in [0.15, 0.2) is 11.3 Å². The molecular weight excluding hydrogens is 446 g/mol. The van der Waals surface area contributed by atoms with Crippen LogP contribution in [0.5, 0.6) is 0 Å². The van der Waals surface area contributed by atoms with E-state index in [-0.39, 0.29) is 40.7 Å². The van der Waals surface area contributed by atoms with Gasteiger partial charge in [0.1, 0.15) is 0 Å². The fourth-order valence-corrected chi connectivity index (χ4v) is 6.67. The van der Waals surface area contributed by atoms with Gasteiger partial charge in [-0.05, 0) is 92.1 Å². The van der Waals surface area contributed by atoms with Crippen LogP contribution in [0.2, 0.25) is 0 Å². The molecule has 1 amide bonds. The third kappa shape index (κ3) is 4.64. The van der Waals surface area contributed by atoms with Gasteiger partial charge in [-0.3, -0.25) is 15.1 Å². The second kappa shape index (κ2) is 8.87. The SMILES string of the molecule is CC1(C)CCC2(C)CCC(C)(C)[NH+]=C2N1.CO[C@H]1CC[C@H]2C(=C(C(=O)[O-])N3C(=O)[C@H]([C@@H](C)O)[C@@H]23)C1. The Morgan fingerprint density at radius 2 is 1.83 bits per heavy atom. The average molecular weight is 490 g/mol. The van der Waals surface area contributed by atoms with E-state index in [1.54, 1.807) is 14.0 Å². The number of carboxylic acid groups (broad SMARTS) is 1. The molecule has 2 saturated heterocycles. The van der Waals surface area contributed by atoms with Gasteiger partial charge in [-0.2, -0.15) is 0 Å². The van der Waals surface area contributed by atoms with Crippen molar-refractivity contribution >= 4 is 17.7 Å². The number of hydrogen-bond acceptors (Lipinski definition) is 6. The second-order valence-electron chi connectivity index (χ2n) is 12.8. The number of ether oxygens (including phenoxy) is 1. The number of amides is 1. The lowest BCUT2D eigenvalue weighted by atomic mass is 9.69. The van der Waals surface area contributed by atoms with Crippen LogP contribution >= 0.6 is 0 Å². The Labute approximate surface area is 209 Å². The number of nitrogens with one attached hydrogen (secondary N) is 2. The van der Waals surface area contributed by atoms with E-state index in [4.69, 9.17) is 4.74 Å². The zero-order chi connectivity index (χ0) is 25.9. The number of nitrogens with zero attached hydrogens (tertiary/aromatic N) is 1. The number of carboxylic acids is 1. The maximum atomic E-state index is 12.1. The normalized spacial score (nSPS) is 37.4. The fourth-order valence-electron chi connectivity index (χ4n) is 6.67. The summed E-state index contributed by atoms with van der Waals surface area (Å²) in [5.41, 5.74) is 1.67.